The Kier molecular flexibility index (Phi) is 4.91. The molecule has 3 aromatic rings. The minimum atomic E-state index is -0.00930. The zero-order valence-electron chi connectivity index (χ0n) is 14.4. The van der Waals surface area contributed by atoms with Gasteiger partial charge in [0.2, 0.25) is 0 Å². The summed E-state index contributed by atoms with van der Waals surface area (Å²) in [5.74, 6) is 0.207. The lowest BCUT2D eigenvalue weighted by Crippen LogP contribution is -2.36. The van der Waals surface area contributed by atoms with Crippen LogP contribution in [0.15, 0.2) is 54.6 Å². The minimum Gasteiger partial charge on any atom is -0.508 e. The van der Waals surface area contributed by atoms with E-state index in [1.807, 2.05) is 42.5 Å². The number of phenolic OH excluding ortho intramolecular Hbond substituents is 1. The smallest absolute Gasteiger partial charge is 0.264 e. The van der Waals surface area contributed by atoms with E-state index < -0.39 is 0 Å². The van der Waals surface area contributed by atoms with Gasteiger partial charge >= 0.3 is 0 Å². The Morgan fingerprint density at radius 2 is 2.00 bits per heavy atom. The van der Waals surface area contributed by atoms with Gasteiger partial charge in [0.1, 0.15) is 5.75 Å². The predicted molar refractivity (Wildman–Crippen MR) is 104 cm³/mol. The highest BCUT2D eigenvalue weighted by molar-refractivity contribution is 7.20. The number of benzene rings is 2. The van der Waals surface area contributed by atoms with Crippen LogP contribution in [0.2, 0.25) is 0 Å². The fourth-order valence-corrected chi connectivity index (χ4v) is 4.38. The molecule has 1 saturated heterocycles. The van der Waals surface area contributed by atoms with Gasteiger partial charge in [-0.3, -0.25) is 4.79 Å². The van der Waals surface area contributed by atoms with Crippen molar-refractivity contribution >= 4 is 27.3 Å². The van der Waals surface area contributed by atoms with Crippen molar-refractivity contribution < 1.29 is 14.6 Å². The van der Waals surface area contributed by atoms with Gasteiger partial charge in [-0.1, -0.05) is 36.4 Å². The molecule has 1 unspecified atom stereocenters. The van der Waals surface area contributed by atoms with Crippen LogP contribution >= 0.6 is 11.3 Å². The summed E-state index contributed by atoms with van der Waals surface area (Å²) in [6.07, 6.45) is 2.07. The maximum Gasteiger partial charge on any atom is 0.264 e. The minimum absolute atomic E-state index is 0.00930. The van der Waals surface area contributed by atoms with E-state index in [0.29, 0.717) is 13.1 Å². The first-order valence-electron chi connectivity index (χ1n) is 8.87. The Morgan fingerprint density at radius 1 is 1.19 bits per heavy atom. The van der Waals surface area contributed by atoms with E-state index in [0.717, 1.165) is 40.0 Å². The molecule has 1 amide bonds. The van der Waals surface area contributed by atoms with E-state index in [-0.39, 0.29) is 17.8 Å². The molecule has 2 heterocycles. The zero-order valence-corrected chi connectivity index (χ0v) is 15.2. The molecule has 0 radical (unpaired) electrons. The fourth-order valence-electron chi connectivity index (χ4n) is 3.35. The zero-order chi connectivity index (χ0) is 17.9. The Labute approximate surface area is 156 Å². The van der Waals surface area contributed by atoms with Crippen LogP contribution in [-0.4, -0.2) is 35.2 Å². The SMILES string of the molecule is O=C(c1cc2ccccc2s1)N(Cc1ccccc1O)CC1CCCO1. The lowest BCUT2D eigenvalue weighted by Gasteiger charge is -2.25. The number of rotatable bonds is 5. The van der Waals surface area contributed by atoms with Gasteiger partial charge < -0.3 is 14.7 Å². The molecule has 1 aliphatic rings. The molecule has 134 valence electrons. The van der Waals surface area contributed by atoms with Crippen LogP contribution in [0, 0.1) is 0 Å². The van der Waals surface area contributed by atoms with Crippen molar-refractivity contribution in [2.75, 3.05) is 13.2 Å². The molecule has 0 saturated carbocycles. The number of para-hydroxylation sites is 1. The van der Waals surface area contributed by atoms with Crippen LogP contribution in [-0.2, 0) is 11.3 Å². The normalized spacial score (nSPS) is 16.8. The number of hydrogen-bond acceptors (Lipinski definition) is 4. The van der Waals surface area contributed by atoms with Crippen LogP contribution in [0.4, 0.5) is 0 Å². The summed E-state index contributed by atoms with van der Waals surface area (Å²) in [6.45, 7) is 1.67. The van der Waals surface area contributed by atoms with E-state index in [1.165, 1.54) is 11.3 Å². The highest BCUT2D eigenvalue weighted by Crippen LogP contribution is 2.28. The Morgan fingerprint density at radius 3 is 2.77 bits per heavy atom. The van der Waals surface area contributed by atoms with E-state index in [2.05, 4.69) is 0 Å². The number of phenols is 1. The maximum atomic E-state index is 13.2. The summed E-state index contributed by atoms with van der Waals surface area (Å²) in [4.78, 5) is 15.7. The lowest BCUT2D eigenvalue weighted by molar-refractivity contribution is 0.0509. The molecule has 1 aliphatic heterocycles. The van der Waals surface area contributed by atoms with E-state index in [4.69, 9.17) is 4.74 Å². The Balaban J connectivity index is 1.62. The number of thiophene rings is 1. The molecule has 5 heteroatoms. The molecular weight excluding hydrogens is 346 g/mol. The monoisotopic (exact) mass is 367 g/mol. The van der Waals surface area contributed by atoms with Gasteiger partial charge in [-0.05, 0) is 36.4 Å². The Hall–Kier alpha value is -2.37. The molecule has 26 heavy (non-hydrogen) atoms. The third-order valence-electron chi connectivity index (χ3n) is 4.72. The number of carbonyl (C=O) groups is 1. The van der Waals surface area contributed by atoms with Gasteiger partial charge in [-0.2, -0.15) is 0 Å². The average Bonchev–Trinajstić information content (AvgIpc) is 3.31. The summed E-state index contributed by atoms with van der Waals surface area (Å²) in [7, 11) is 0. The summed E-state index contributed by atoms with van der Waals surface area (Å²) in [6, 6.07) is 17.2. The van der Waals surface area contributed by atoms with Gasteiger partial charge in [0.15, 0.2) is 0 Å². The highest BCUT2D eigenvalue weighted by Gasteiger charge is 2.25. The van der Waals surface area contributed by atoms with Gasteiger partial charge in [-0.15, -0.1) is 11.3 Å². The van der Waals surface area contributed by atoms with Gasteiger partial charge in [0.25, 0.3) is 5.91 Å². The van der Waals surface area contributed by atoms with Gasteiger partial charge in [0, 0.05) is 30.0 Å². The average molecular weight is 367 g/mol. The van der Waals surface area contributed by atoms with E-state index in [9.17, 15) is 9.90 Å². The van der Waals surface area contributed by atoms with Crippen LogP contribution in [0.25, 0.3) is 10.1 Å². The molecule has 1 aromatic heterocycles. The van der Waals surface area contributed by atoms with Crippen molar-refractivity contribution in [3.05, 3.63) is 65.0 Å². The van der Waals surface area contributed by atoms with Gasteiger partial charge in [-0.25, -0.2) is 0 Å². The molecule has 2 aromatic carbocycles. The van der Waals surface area contributed by atoms with E-state index in [1.54, 1.807) is 17.0 Å². The second-order valence-corrected chi connectivity index (χ2v) is 7.68. The van der Waals surface area contributed by atoms with Gasteiger partial charge in [0.05, 0.1) is 11.0 Å². The Bertz CT molecular complexity index is 881. The molecule has 0 spiro atoms. The number of nitrogens with zero attached hydrogens (tertiary/aromatic N) is 1. The first kappa shape index (κ1) is 17.1. The number of aromatic hydroxyl groups is 1. The third kappa shape index (κ3) is 3.59. The summed E-state index contributed by atoms with van der Waals surface area (Å²) < 4.78 is 6.85. The first-order chi connectivity index (χ1) is 12.7. The molecule has 1 atom stereocenters. The van der Waals surface area contributed by atoms with E-state index >= 15 is 0 Å². The van der Waals surface area contributed by atoms with Crippen LogP contribution in [0.1, 0.15) is 28.1 Å². The van der Waals surface area contributed by atoms with Crippen molar-refractivity contribution in [2.45, 2.75) is 25.5 Å². The summed E-state index contributed by atoms with van der Waals surface area (Å²) >= 11 is 1.51. The quantitative estimate of drug-likeness (QED) is 0.726. The molecule has 0 aliphatic carbocycles. The van der Waals surface area contributed by atoms with Crippen molar-refractivity contribution in [2.24, 2.45) is 0 Å². The van der Waals surface area contributed by atoms with Crippen LogP contribution in [0.5, 0.6) is 5.75 Å². The topological polar surface area (TPSA) is 49.8 Å². The summed E-state index contributed by atoms with van der Waals surface area (Å²) in [5, 5.41) is 11.2. The number of ether oxygens (including phenoxy) is 1. The first-order valence-corrected chi connectivity index (χ1v) is 9.69. The van der Waals surface area contributed by atoms with Crippen molar-refractivity contribution in [3.63, 3.8) is 0 Å². The van der Waals surface area contributed by atoms with Crippen molar-refractivity contribution in [3.8, 4) is 5.75 Å². The fraction of sp³-hybridized carbons (Fsp3) is 0.286. The molecule has 4 rings (SSSR count). The summed E-state index contributed by atoms with van der Waals surface area (Å²) in [5.41, 5.74) is 0.750. The lowest BCUT2D eigenvalue weighted by atomic mass is 10.1. The van der Waals surface area contributed by atoms with Crippen LogP contribution < -0.4 is 0 Å². The largest absolute Gasteiger partial charge is 0.508 e. The van der Waals surface area contributed by atoms with Crippen molar-refractivity contribution in [1.29, 1.82) is 0 Å². The van der Waals surface area contributed by atoms with Crippen LogP contribution in [0.3, 0.4) is 0 Å². The molecule has 0 bridgehead atoms. The second-order valence-electron chi connectivity index (χ2n) is 6.60. The molecule has 1 N–H and O–H groups in total. The number of carbonyl (C=O) groups excluding carboxylic acids is 1. The third-order valence-corrected chi connectivity index (χ3v) is 5.83. The van der Waals surface area contributed by atoms with Crippen molar-refractivity contribution in [1.82, 2.24) is 4.90 Å². The molecule has 1 fully saturated rings. The number of amides is 1. The molecular formula is C21H21NO3S. The number of hydrogen-bond donors (Lipinski definition) is 1. The predicted octanol–water partition coefficient (Wildman–Crippen LogP) is 4.43. The molecule has 4 nitrogen and oxygen atoms in total. The standard InChI is InChI=1S/C21H21NO3S/c23-18-9-3-1-7-16(18)13-22(14-17-8-5-11-25-17)21(24)20-12-15-6-2-4-10-19(15)26-20/h1-4,6-7,9-10,12,17,23H,5,8,11,13-14H2. The highest BCUT2D eigenvalue weighted by atomic mass is 32.1. The number of fused-ring (bicyclic) bond motifs is 1. The maximum absolute atomic E-state index is 13.2. The second kappa shape index (κ2) is 7.48.